The van der Waals surface area contributed by atoms with E-state index in [1.807, 2.05) is 0 Å². The van der Waals surface area contributed by atoms with Crippen LogP contribution in [0.4, 0.5) is 28.4 Å². The van der Waals surface area contributed by atoms with Gasteiger partial charge >= 0.3 is 6.85 Å². The summed E-state index contributed by atoms with van der Waals surface area (Å²) in [7, 11) is 0. The summed E-state index contributed by atoms with van der Waals surface area (Å²) in [5.41, 5.74) is 24.2. The van der Waals surface area contributed by atoms with Crippen LogP contribution in [-0.2, 0) is 21.7 Å². The fraction of sp³-hybridized carbons (Fsp3) is 0.270. The molecule has 2 nitrogen and oxygen atoms in total. The highest BCUT2D eigenvalue weighted by molar-refractivity contribution is 6.94. The lowest BCUT2D eigenvalue weighted by Gasteiger charge is -2.49. The summed E-state index contributed by atoms with van der Waals surface area (Å²) >= 11 is 0. The molecule has 326 valence electrons. The SMILES string of the molecule is Cc1cc(-c2ccccc2)ccc1N1c2cc3c(cc2B2c4c(cc5ccccc5c41)-c1cc(-c4ccccc4)ccc1N2c1ccc2c(c1)C(C)(C)CCC2(C)C)C(C)(C)CCC3(C)C. The Balaban J connectivity index is 1.22. The zero-order chi connectivity index (χ0) is 45.5. The molecule has 2 aliphatic carbocycles. The summed E-state index contributed by atoms with van der Waals surface area (Å²) in [4.78, 5) is 5.45. The first-order valence-corrected chi connectivity index (χ1v) is 24.5. The fourth-order valence-electron chi connectivity index (χ4n) is 12.6. The second kappa shape index (κ2) is 14.3. The Morgan fingerprint density at radius 2 is 0.970 bits per heavy atom. The van der Waals surface area contributed by atoms with E-state index >= 15 is 0 Å². The number of hydrogen-bond acceptors (Lipinski definition) is 2. The summed E-state index contributed by atoms with van der Waals surface area (Å²) < 4.78 is 0. The van der Waals surface area contributed by atoms with Crippen molar-refractivity contribution in [1.29, 1.82) is 0 Å². The van der Waals surface area contributed by atoms with E-state index in [4.69, 9.17) is 0 Å². The Bertz CT molecular complexity index is 3280. The van der Waals surface area contributed by atoms with E-state index in [-0.39, 0.29) is 28.5 Å². The predicted molar refractivity (Wildman–Crippen MR) is 284 cm³/mol. The minimum absolute atomic E-state index is 0.0333. The number of hydrogen-bond donors (Lipinski definition) is 0. The van der Waals surface area contributed by atoms with E-state index in [1.165, 1.54) is 124 Å². The summed E-state index contributed by atoms with van der Waals surface area (Å²) in [5, 5.41) is 2.55. The highest BCUT2D eigenvalue weighted by Gasteiger charge is 2.49. The average molecular weight is 857 g/mol. The molecule has 0 atom stereocenters. The lowest BCUT2D eigenvalue weighted by atomic mass is 9.42. The monoisotopic (exact) mass is 856 g/mol. The van der Waals surface area contributed by atoms with Gasteiger partial charge in [0, 0.05) is 33.7 Å². The first kappa shape index (κ1) is 41.1. The molecule has 0 N–H and O–H groups in total. The van der Waals surface area contributed by atoms with Gasteiger partial charge in [-0.2, -0.15) is 0 Å². The van der Waals surface area contributed by atoms with Crippen molar-refractivity contribution in [2.75, 3.05) is 9.71 Å². The Morgan fingerprint density at radius 3 is 1.61 bits per heavy atom. The standard InChI is InChI=1S/C63H61BN2/c1-40-34-43(41-18-12-10-13-19-41)24-28-55(40)65-57-39-53-52(62(6,7)32-33-63(53,8)9)38-54(57)64-58-49(36-45-22-16-17-23-47(45)59(58)65)48-35-44(42-20-14-11-15-21-42)25-29-56(48)66(64)46-26-27-50-51(37-46)61(4,5)31-30-60(50,2)3/h10-29,34-39H,30-33H2,1-9H3. The van der Waals surface area contributed by atoms with Crippen LogP contribution < -0.4 is 20.6 Å². The van der Waals surface area contributed by atoms with Crippen LogP contribution in [0.1, 0.15) is 109 Å². The molecule has 0 saturated heterocycles. The quantitative estimate of drug-likeness (QED) is 0.163. The molecule has 0 bridgehead atoms. The van der Waals surface area contributed by atoms with Crippen molar-refractivity contribution < 1.29 is 0 Å². The molecular weight excluding hydrogens is 796 g/mol. The van der Waals surface area contributed by atoms with Crippen LogP contribution in [0.2, 0.25) is 0 Å². The molecular formula is C63H61BN2. The van der Waals surface area contributed by atoms with E-state index in [0.717, 1.165) is 12.8 Å². The molecule has 0 spiro atoms. The molecule has 3 heteroatoms. The Kier molecular flexibility index (Phi) is 8.94. The van der Waals surface area contributed by atoms with Crippen molar-refractivity contribution in [2.24, 2.45) is 0 Å². The number of rotatable bonds is 4. The van der Waals surface area contributed by atoms with Gasteiger partial charge in [-0.1, -0.05) is 165 Å². The van der Waals surface area contributed by atoms with Gasteiger partial charge in [-0.25, -0.2) is 0 Å². The average Bonchev–Trinajstić information content (AvgIpc) is 3.32. The molecule has 2 heterocycles. The number of anilines is 5. The van der Waals surface area contributed by atoms with Crippen LogP contribution in [0.15, 0.2) is 158 Å². The van der Waals surface area contributed by atoms with Crippen LogP contribution >= 0.6 is 0 Å². The maximum atomic E-state index is 2.76. The molecule has 0 amide bonds. The highest BCUT2D eigenvalue weighted by Crippen LogP contribution is 2.55. The maximum absolute atomic E-state index is 2.76. The zero-order valence-electron chi connectivity index (χ0n) is 40.3. The number of fused-ring (bicyclic) bond motifs is 8. The van der Waals surface area contributed by atoms with Gasteiger partial charge in [0.05, 0.1) is 5.69 Å². The molecule has 4 aliphatic rings. The summed E-state index contributed by atoms with van der Waals surface area (Å²) in [6.07, 6.45) is 4.69. The first-order valence-electron chi connectivity index (χ1n) is 24.5. The molecule has 8 aromatic carbocycles. The minimum Gasteiger partial charge on any atom is -0.376 e. The Morgan fingerprint density at radius 1 is 0.424 bits per heavy atom. The molecule has 0 fully saturated rings. The fourth-order valence-corrected chi connectivity index (χ4v) is 12.6. The lowest BCUT2D eigenvalue weighted by molar-refractivity contribution is 0.332. The first-order chi connectivity index (χ1) is 31.6. The minimum atomic E-state index is -0.0752. The van der Waals surface area contributed by atoms with Crippen LogP contribution in [0, 0.1) is 6.92 Å². The number of aryl methyl sites for hydroxylation is 1. The molecule has 12 rings (SSSR count). The van der Waals surface area contributed by atoms with Gasteiger partial charge in [0.1, 0.15) is 0 Å². The summed E-state index contributed by atoms with van der Waals surface area (Å²) in [5.74, 6) is 0. The molecule has 0 saturated carbocycles. The van der Waals surface area contributed by atoms with Crippen molar-refractivity contribution in [3.63, 3.8) is 0 Å². The second-order valence-electron chi connectivity index (χ2n) is 22.7. The van der Waals surface area contributed by atoms with E-state index in [0.29, 0.717) is 0 Å². The van der Waals surface area contributed by atoms with Crippen molar-refractivity contribution in [3.05, 3.63) is 186 Å². The van der Waals surface area contributed by atoms with Gasteiger partial charge in [0.2, 0.25) is 0 Å². The molecule has 66 heavy (non-hydrogen) atoms. The van der Waals surface area contributed by atoms with Crippen LogP contribution in [0.3, 0.4) is 0 Å². The lowest BCUT2D eigenvalue weighted by Crippen LogP contribution is -2.62. The zero-order valence-corrected chi connectivity index (χ0v) is 40.3. The van der Waals surface area contributed by atoms with Gasteiger partial charge < -0.3 is 9.71 Å². The maximum Gasteiger partial charge on any atom is 0.333 e. The third-order valence-corrected chi connectivity index (χ3v) is 16.7. The van der Waals surface area contributed by atoms with Gasteiger partial charge in [0.15, 0.2) is 0 Å². The molecule has 0 radical (unpaired) electrons. The highest BCUT2D eigenvalue weighted by atomic mass is 15.2. The van der Waals surface area contributed by atoms with E-state index in [1.54, 1.807) is 0 Å². The second-order valence-corrected chi connectivity index (χ2v) is 22.7. The van der Waals surface area contributed by atoms with Crippen LogP contribution in [0.5, 0.6) is 0 Å². The van der Waals surface area contributed by atoms with Gasteiger partial charge in [0.25, 0.3) is 0 Å². The molecule has 0 unspecified atom stereocenters. The molecule has 2 aliphatic heterocycles. The van der Waals surface area contributed by atoms with Gasteiger partial charge in [-0.15, -0.1) is 0 Å². The largest absolute Gasteiger partial charge is 0.376 e. The van der Waals surface area contributed by atoms with E-state index < -0.39 is 0 Å². The number of benzene rings is 8. The van der Waals surface area contributed by atoms with E-state index in [9.17, 15) is 0 Å². The normalized spacial score (nSPS) is 17.9. The van der Waals surface area contributed by atoms with Crippen molar-refractivity contribution >= 4 is 57.0 Å². The van der Waals surface area contributed by atoms with Gasteiger partial charge in [-0.3, -0.25) is 0 Å². The third kappa shape index (κ3) is 6.14. The smallest absolute Gasteiger partial charge is 0.333 e. The topological polar surface area (TPSA) is 6.48 Å². The van der Waals surface area contributed by atoms with Crippen molar-refractivity contribution in [3.8, 4) is 33.4 Å². The molecule has 8 aromatic rings. The Hall–Kier alpha value is -6.32. The summed E-state index contributed by atoms with van der Waals surface area (Å²) in [6, 6.07) is 60.8. The van der Waals surface area contributed by atoms with Crippen molar-refractivity contribution in [1.82, 2.24) is 0 Å². The predicted octanol–water partition coefficient (Wildman–Crippen LogP) is 15.9. The van der Waals surface area contributed by atoms with E-state index in [2.05, 4.69) is 230 Å². The number of nitrogens with zero attached hydrogens (tertiary/aromatic N) is 2. The molecule has 0 aromatic heterocycles. The van der Waals surface area contributed by atoms with Crippen LogP contribution in [-0.4, -0.2) is 6.85 Å². The third-order valence-electron chi connectivity index (χ3n) is 16.7. The van der Waals surface area contributed by atoms with Gasteiger partial charge in [-0.05, 0) is 175 Å². The van der Waals surface area contributed by atoms with Crippen LogP contribution in [0.25, 0.3) is 44.2 Å². The van der Waals surface area contributed by atoms with Crippen molar-refractivity contribution in [2.45, 2.75) is 110 Å². The summed E-state index contributed by atoms with van der Waals surface area (Å²) in [6.45, 7) is 22.0. The Labute approximate surface area is 393 Å².